The zero-order valence-corrected chi connectivity index (χ0v) is 11.3. The second-order valence-corrected chi connectivity index (χ2v) is 4.29. The van der Waals surface area contributed by atoms with Crippen LogP contribution in [0.3, 0.4) is 0 Å². The highest BCUT2D eigenvalue weighted by Gasteiger charge is 2.06. The number of hydrogen-bond acceptors (Lipinski definition) is 4. The molecule has 1 amide bonds. The van der Waals surface area contributed by atoms with Crippen LogP contribution in [0.2, 0.25) is 0 Å². The molecule has 20 heavy (non-hydrogen) atoms. The third-order valence-electron chi connectivity index (χ3n) is 2.65. The van der Waals surface area contributed by atoms with E-state index in [2.05, 4.69) is 27.4 Å². The molecule has 0 saturated heterocycles. The third kappa shape index (κ3) is 3.65. The lowest BCUT2D eigenvalue weighted by Gasteiger charge is -2.05. The van der Waals surface area contributed by atoms with Gasteiger partial charge in [0.05, 0.1) is 0 Å². The van der Waals surface area contributed by atoms with E-state index in [1.165, 1.54) is 0 Å². The van der Waals surface area contributed by atoms with Gasteiger partial charge in [0.15, 0.2) is 5.82 Å². The molecular weight excluding hydrogens is 252 g/mol. The first-order chi connectivity index (χ1) is 9.69. The fraction of sp³-hybridized carbons (Fsp3) is 0.133. The maximum Gasteiger partial charge on any atom is 0.256 e. The molecule has 2 rings (SSSR count). The van der Waals surface area contributed by atoms with Crippen molar-refractivity contribution in [2.24, 2.45) is 0 Å². The molecule has 0 fully saturated rings. The predicted octanol–water partition coefficient (Wildman–Crippen LogP) is 2.64. The number of carbonyl (C=O) groups excluding carboxylic acids is 1. The smallest absolute Gasteiger partial charge is 0.256 e. The molecule has 1 aromatic heterocycles. The van der Waals surface area contributed by atoms with Crippen LogP contribution >= 0.6 is 0 Å². The van der Waals surface area contributed by atoms with Crippen LogP contribution < -0.4 is 10.6 Å². The molecule has 1 aromatic carbocycles. The molecule has 0 spiro atoms. The van der Waals surface area contributed by atoms with Crippen molar-refractivity contribution in [1.29, 1.82) is 0 Å². The second kappa shape index (κ2) is 6.47. The van der Waals surface area contributed by atoms with Gasteiger partial charge in [0.25, 0.3) is 5.91 Å². The summed E-state index contributed by atoms with van der Waals surface area (Å²) in [6.07, 6.45) is 1.73. The van der Waals surface area contributed by atoms with Crippen LogP contribution in [0.5, 0.6) is 0 Å². The molecule has 0 aliphatic heterocycles. The number of benzene rings is 1. The Bertz CT molecular complexity index is 590. The molecule has 0 radical (unpaired) electrons. The summed E-state index contributed by atoms with van der Waals surface area (Å²) < 4.78 is 0. The number of anilines is 2. The van der Waals surface area contributed by atoms with E-state index in [1.54, 1.807) is 30.3 Å². The maximum absolute atomic E-state index is 12.0. The predicted molar refractivity (Wildman–Crippen MR) is 79.9 cm³/mol. The average Bonchev–Trinajstić information content (AvgIpc) is 2.47. The normalized spacial score (nSPS) is 9.85. The monoisotopic (exact) mass is 268 g/mol. The van der Waals surface area contributed by atoms with E-state index in [1.807, 2.05) is 19.1 Å². The van der Waals surface area contributed by atoms with Crippen molar-refractivity contribution in [3.63, 3.8) is 0 Å². The van der Waals surface area contributed by atoms with Crippen LogP contribution in [-0.4, -0.2) is 22.6 Å². The van der Waals surface area contributed by atoms with E-state index in [4.69, 9.17) is 0 Å². The van der Waals surface area contributed by atoms with Crippen molar-refractivity contribution < 1.29 is 4.79 Å². The van der Waals surface area contributed by atoms with Gasteiger partial charge in [-0.25, -0.2) is 0 Å². The van der Waals surface area contributed by atoms with Crippen LogP contribution in [0, 0.1) is 6.92 Å². The minimum atomic E-state index is -0.203. The summed E-state index contributed by atoms with van der Waals surface area (Å²) in [4.78, 5) is 12.0. The van der Waals surface area contributed by atoms with Crippen molar-refractivity contribution in [3.05, 3.63) is 60.2 Å². The first-order valence-corrected chi connectivity index (χ1v) is 6.25. The second-order valence-electron chi connectivity index (χ2n) is 4.29. The van der Waals surface area contributed by atoms with Gasteiger partial charge in [0.1, 0.15) is 5.82 Å². The summed E-state index contributed by atoms with van der Waals surface area (Å²) in [5.74, 6) is 0.851. The van der Waals surface area contributed by atoms with Gasteiger partial charge in [-0.3, -0.25) is 4.79 Å². The van der Waals surface area contributed by atoms with Crippen molar-refractivity contribution in [2.45, 2.75) is 6.92 Å². The Kier molecular flexibility index (Phi) is 4.44. The van der Waals surface area contributed by atoms with Gasteiger partial charge < -0.3 is 10.6 Å². The van der Waals surface area contributed by atoms with Gasteiger partial charge in [-0.15, -0.1) is 16.8 Å². The number of nitrogens with zero attached hydrogens (tertiary/aromatic N) is 2. The molecule has 1 heterocycles. The van der Waals surface area contributed by atoms with Crippen molar-refractivity contribution in [2.75, 3.05) is 17.2 Å². The zero-order chi connectivity index (χ0) is 14.4. The largest absolute Gasteiger partial charge is 0.365 e. The van der Waals surface area contributed by atoms with Gasteiger partial charge in [0, 0.05) is 12.1 Å². The Balaban J connectivity index is 2.00. The summed E-state index contributed by atoms with van der Waals surface area (Å²) in [6, 6.07) is 10.8. The molecule has 2 N–H and O–H groups in total. The Morgan fingerprint density at radius 1 is 1.15 bits per heavy atom. The van der Waals surface area contributed by atoms with Crippen molar-refractivity contribution in [3.8, 4) is 0 Å². The van der Waals surface area contributed by atoms with E-state index >= 15 is 0 Å². The number of aromatic nitrogens is 2. The number of carbonyl (C=O) groups is 1. The third-order valence-corrected chi connectivity index (χ3v) is 2.65. The van der Waals surface area contributed by atoms with Crippen molar-refractivity contribution in [1.82, 2.24) is 10.2 Å². The van der Waals surface area contributed by atoms with Crippen molar-refractivity contribution >= 4 is 17.5 Å². The molecular formula is C15H16N4O. The molecule has 0 aliphatic carbocycles. The Hall–Kier alpha value is -2.69. The fourth-order valence-electron chi connectivity index (χ4n) is 1.56. The topological polar surface area (TPSA) is 66.9 Å². The molecule has 5 heteroatoms. The van der Waals surface area contributed by atoms with Gasteiger partial charge in [-0.1, -0.05) is 23.8 Å². The van der Waals surface area contributed by atoms with E-state index < -0.39 is 0 Å². The minimum absolute atomic E-state index is 0.203. The summed E-state index contributed by atoms with van der Waals surface area (Å²) in [5, 5.41) is 13.6. The fourth-order valence-corrected chi connectivity index (χ4v) is 1.56. The quantitative estimate of drug-likeness (QED) is 0.818. The van der Waals surface area contributed by atoms with Gasteiger partial charge in [-0.2, -0.15) is 0 Å². The molecule has 0 bridgehead atoms. The summed E-state index contributed by atoms with van der Waals surface area (Å²) >= 11 is 0. The van der Waals surface area contributed by atoms with Crippen LogP contribution in [0.4, 0.5) is 11.6 Å². The summed E-state index contributed by atoms with van der Waals surface area (Å²) in [5.41, 5.74) is 1.70. The highest BCUT2D eigenvalue weighted by atomic mass is 16.1. The Morgan fingerprint density at radius 2 is 1.80 bits per heavy atom. The minimum Gasteiger partial charge on any atom is -0.365 e. The highest BCUT2D eigenvalue weighted by Crippen LogP contribution is 2.09. The summed E-state index contributed by atoms with van der Waals surface area (Å²) in [6.45, 7) is 6.19. The van der Waals surface area contributed by atoms with Crippen LogP contribution in [0.1, 0.15) is 15.9 Å². The Labute approximate surface area is 117 Å². The van der Waals surface area contributed by atoms with Gasteiger partial charge in [-0.05, 0) is 31.2 Å². The van der Waals surface area contributed by atoms with Gasteiger partial charge in [0.2, 0.25) is 0 Å². The molecule has 0 aliphatic rings. The number of nitrogens with one attached hydrogen (secondary N) is 2. The maximum atomic E-state index is 12.0. The first-order valence-electron chi connectivity index (χ1n) is 6.25. The molecule has 5 nitrogen and oxygen atoms in total. The van der Waals surface area contributed by atoms with Crippen LogP contribution in [0.25, 0.3) is 0 Å². The highest BCUT2D eigenvalue weighted by molar-refractivity contribution is 6.03. The molecule has 0 atom stereocenters. The molecule has 0 saturated carbocycles. The molecule has 2 aromatic rings. The van der Waals surface area contributed by atoms with Crippen LogP contribution in [-0.2, 0) is 0 Å². The lowest BCUT2D eigenvalue weighted by atomic mass is 10.1. The number of rotatable bonds is 5. The number of hydrogen-bond donors (Lipinski definition) is 2. The lowest BCUT2D eigenvalue weighted by molar-refractivity contribution is 0.102. The number of amides is 1. The molecule has 102 valence electrons. The zero-order valence-electron chi connectivity index (χ0n) is 11.3. The van der Waals surface area contributed by atoms with E-state index in [0.29, 0.717) is 23.7 Å². The van der Waals surface area contributed by atoms with E-state index in [-0.39, 0.29) is 5.91 Å². The number of aryl methyl sites for hydroxylation is 1. The summed E-state index contributed by atoms with van der Waals surface area (Å²) in [7, 11) is 0. The lowest BCUT2D eigenvalue weighted by Crippen LogP contribution is -2.13. The van der Waals surface area contributed by atoms with E-state index in [9.17, 15) is 4.79 Å². The SMILES string of the molecule is C=CCNc1ccc(NC(=O)c2ccc(C)cc2)nn1. The van der Waals surface area contributed by atoms with Gasteiger partial charge >= 0.3 is 0 Å². The van der Waals surface area contributed by atoms with E-state index in [0.717, 1.165) is 5.56 Å². The first kappa shape index (κ1) is 13.7. The molecule has 0 unspecified atom stereocenters. The standard InChI is InChI=1S/C15H16N4O/c1-3-10-16-13-8-9-14(19-18-13)17-15(20)12-6-4-11(2)5-7-12/h3-9H,1,10H2,2H3,(H,16,18)(H,17,19,20). The Morgan fingerprint density at radius 3 is 2.40 bits per heavy atom. The average molecular weight is 268 g/mol. The van der Waals surface area contributed by atoms with Crippen LogP contribution in [0.15, 0.2) is 49.1 Å².